The Bertz CT molecular complexity index is 509. The Balaban J connectivity index is 3.09. The number of nitrogens with one attached hydrogen (secondary N) is 1. The highest BCUT2D eigenvalue weighted by molar-refractivity contribution is 6.10. The van der Waals surface area contributed by atoms with Crippen LogP contribution in [0.2, 0.25) is 0 Å². The molecule has 0 saturated carbocycles. The zero-order valence-electron chi connectivity index (χ0n) is 7.63. The van der Waals surface area contributed by atoms with Crippen LogP contribution in [-0.2, 0) is 0 Å². The lowest BCUT2D eigenvalue weighted by Crippen LogP contribution is -2.02. The van der Waals surface area contributed by atoms with E-state index in [0.29, 0.717) is 12.1 Å². The fraction of sp³-hybridized carbons (Fsp3) is 0. The molecular weight excluding hydrogens is 221 g/mol. The Morgan fingerprint density at radius 3 is 2.25 bits per heavy atom. The standard InChI is InChI=1S/C9H3F3N4/c10-6-1-2-7(11)9(8(6)12)16-15-5(3-13)4-14/h1-2,16H. The van der Waals surface area contributed by atoms with E-state index in [1.165, 1.54) is 12.1 Å². The number of benzene rings is 1. The summed E-state index contributed by atoms with van der Waals surface area (Å²) in [7, 11) is 0. The van der Waals surface area contributed by atoms with Gasteiger partial charge < -0.3 is 0 Å². The molecule has 16 heavy (non-hydrogen) atoms. The van der Waals surface area contributed by atoms with Gasteiger partial charge in [-0.1, -0.05) is 0 Å². The molecule has 0 atom stereocenters. The molecule has 0 unspecified atom stereocenters. The van der Waals surface area contributed by atoms with Gasteiger partial charge in [-0.2, -0.15) is 15.6 Å². The number of nitriles is 2. The van der Waals surface area contributed by atoms with E-state index < -0.39 is 28.9 Å². The van der Waals surface area contributed by atoms with Crippen LogP contribution in [0.1, 0.15) is 0 Å². The van der Waals surface area contributed by atoms with Crippen molar-refractivity contribution in [1.82, 2.24) is 0 Å². The number of anilines is 1. The number of hydrogen-bond donors (Lipinski definition) is 1. The molecule has 0 heterocycles. The molecule has 80 valence electrons. The maximum Gasteiger partial charge on any atom is 0.237 e. The lowest BCUT2D eigenvalue weighted by atomic mass is 10.3. The molecule has 1 aromatic carbocycles. The van der Waals surface area contributed by atoms with Gasteiger partial charge in [-0.25, -0.2) is 13.2 Å². The van der Waals surface area contributed by atoms with Crippen molar-refractivity contribution in [2.45, 2.75) is 0 Å². The highest BCUT2D eigenvalue weighted by Crippen LogP contribution is 2.20. The van der Waals surface area contributed by atoms with E-state index >= 15 is 0 Å². The second-order valence-electron chi connectivity index (χ2n) is 2.51. The Morgan fingerprint density at radius 1 is 1.12 bits per heavy atom. The normalized spacial score (nSPS) is 8.81. The summed E-state index contributed by atoms with van der Waals surface area (Å²) in [5, 5.41) is 19.7. The first-order chi connectivity index (χ1) is 7.60. The van der Waals surface area contributed by atoms with E-state index in [1.54, 1.807) is 5.43 Å². The molecule has 7 heteroatoms. The highest BCUT2D eigenvalue weighted by Gasteiger charge is 2.13. The van der Waals surface area contributed by atoms with Gasteiger partial charge in [0.05, 0.1) is 0 Å². The molecular formula is C9H3F3N4. The average molecular weight is 224 g/mol. The average Bonchev–Trinajstić information content (AvgIpc) is 2.29. The van der Waals surface area contributed by atoms with Crippen molar-refractivity contribution in [3.05, 3.63) is 29.6 Å². The summed E-state index contributed by atoms with van der Waals surface area (Å²) in [5.74, 6) is -3.83. The van der Waals surface area contributed by atoms with Crippen LogP contribution in [0.4, 0.5) is 18.9 Å². The van der Waals surface area contributed by atoms with E-state index in [1.807, 2.05) is 0 Å². The first kappa shape index (κ1) is 11.5. The van der Waals surface area contributed by atoms with Crippen molar-refractivity contribution in [3.63, 3.8) is 0 Å². The van der Waals surface area contributed by atoms with Crippen molar-refractivity contribution in [2.24, 2.45) is 5.10 Å². The van der Waals surface area contributed by atoms with Gasteiger partial charge in [0.1, 0.15) is 17.8 Å². The Labute approximate surface area is 88.2 Å². The van der Waals surface area contributed by atoms with Crippen LogP contribution in [0.25, 0.3) is 0 Å². The van der Waals surface area contributed by atoms with Gasteiger partial charge in [0.25, 0.3) is 0 Å². The summed E-state index contributed by atoms with van der Waals surface area (Å²) in [6.45, 7) is 0. The van der Waals surface area contributed by atoms with Gasteiger partial charge in [0.2, 0.25) is 5.71 Å². The molecule has 0 aromatic heterocycles. The van der Waals surface area contributed by atoms with Gasteiger partial charge in [0, 0.05) is 0 Å². The first-order valence-electron chi connectivity index (χ1n) is 3.87. The summed E-state index contributed by atoms with van der Waals surface area (Å²) in [6.07, 6.45) is 0. The lowest BCUT2D eigenvalue weighted by Gasteiger charge is -2.03. The molecule has 0 fully saturated rings. The summed E-state index contributed by atoms with van der Waals surface area (Å²) >= 11 is 0. The van der Waals surface area contributed by atoms with Crippen LogP contribution < -0.4 is 5.43 Å². The Hall–Kier alpha value is -2.54. The van der Waals surface area contributed by atoms with Crippen LogP contribution in [0.5, 0.6) is 0 Å². The van der Waals surface area contributed by atoms with Crippen LogP contribution in [-0.4, -0.2) is 5.71 Å². The molecule has 4 nitrogen and oxygen atoms in total. The molecule has 0 bridgehead atoms. The van der Waals surface area contributed by atoms with Gasteiger partial charge in [-0.05, 0) is 12.1 Å². The minimum atomic E-state index is -1.47. The van der Waals surface area contributed by atoms with E-state index in [2.05, 4.69) is 5.10 Å². The first-order valence-corrected chi connectivity index (χ1v) is 3.87. The van der Waals surface area contributed by atoms with Crippen molar-refractivity contribution >= 4 is 11.4 Å². The molecule has 0 aliphatic rings. The van der Waals surface area contributed by atoms with E-state index in [-0.39, 0.29) is 0 Å². The van der Waals surface area contributed by atoms with Crippen molar-refractivity contribution < 1.29 is 13.2 Å². The Morgan fingerprint density at radius 2 is 1.69 bits per heavy atom. The third kappa shape index (κ3) is 2.28. The predicted octanol–water partition coefficient (Wildman–Crippen LogP) is 1.92. The number of rotatable bonds is 2. The quantitative estimate of drug-likeness (QED) is 0.473. The van der Waals surface area contributed by atoms with Gasteiger partial charge >= 0.3 is 0 Å². The molecule has 0 radical (unpaired) electrons. The monoisotopic (exact) mass is 224 g/mol. The van der Waals surface area contributed by atoms with E-state index in [0.717, 1.165) is 0 Å². The van der Waals surface area contributed by atoms with Crippen molar-refractivity contribution in [3.8, 4) is 12.1 Å². The number of nitrogens with zero attached hydrogens (tertiary/aromatic N) is 3. The molecule has 1 N–H and O–H groups in total. The molecule has 1 rings (SSSR count). The molecule has 1 aromatic rings. The largest absolute Gasteiger partial charge is 0.270 e. The topological polar surface area (TPSA) is 72.0 Å². The smallest absolute Gasteiger partial charge is 0.237 e. The summed E-state index contributed by atoms with van der Waals surface area (Å²) in [4.78, 5) is 0. The van der Waals surface area contributed by atoms with Crippen molar-refractivity contribution in [1.29, 1.82) is 10.5 Å². The van der Waals surface area contributed by atoms with Crippen LogP contribution >= 0.6 is 0 Å². The second kappa shape index (κ2) is 4.80. The predicted molar refractivity (Wildman–Crippen MR) is 48.6 cm³/mol. The molecule has 0 aliphatic heterocycles. The minimum Gasteiger partial charge on any atom is -0.270 e. The van der Waals surface area contributed by atoms with Gasteiger partial charge in [0.15, 0.2) is 17.5 Å². The number of hydrazone groups is 1. The van der Waals surface area contributed by atoms with Gasteiger partial charge in [-0.15, -0.1) is 0 Å². The minimum absolute atomic E-state index is 0.606. The maximum absolute atomic E-state index is 13.0. The van der Waals surface area contributed by atoms with Crippen LogP contribution in [0.15, 0.2) is 17.2 Å². The zero-order valence-corrected chi connectivity index (χ0v) is 7.63. The van der Waals surface area contributed by atoms with E-state index in [4.69, 9.17) is 10.5 Å². The maximum atomic E-state index is 13.0. The molecule has 0 amide bonds. The van der Waals surface area contributed by atoms with Gasteiger partial charge in [-0.3, -0.25) is 5.43 Å². The zero-order chi connectivity index (χ0) is 12.1. The third-order valence-corrected chi connectivity index (χ3v) is 1.54. The summed E-state index contributed by atoms with van der Waals surface area (Å²) in [6, 6.07) is 4.02. The number of hydrogen-bond acceptors (Lipinski definition) is 4. The van der Waals surface area contributed by atoms with Crippen LogP contribution in [0, 0.1) is 40.1 Å². The highest BCUT2D eigenvalue weighted by atomic mass is 19.2. The van der Waals surface area contributed by atoms with Crippen LogP contribution in [0.3, 0.4) is 0 Å². The SMILES string of the molecule is N#CC(C#N)=NNc1c(F)ccc(F)c1F. The number of halogens is 3. The molecule has 0 saturated heterocycles. The van der Waals surface area contributed by atoms with Crippen molar-refractivity contribution in [2.75, 3.05) is 5.43 Å². The fourth-order valence-electron chi connectivity index (χ4n) is 0.816. The summed E-state index contributed by atoms with van der Waals surface area (Å²) in [5.41, 5.74) is 0.283. The second-order valence-corrected chi connectivity index (χ2v) is 2.51. The third-order valence-electron chi connectivity index (χ3n) is 1.54. The molecule has 0 aliphatic carbocycles. The fourth-order valence-corrected chi connectivity index (χ4v) is 0.816. The van der Waals surface area contributed by atoms with E-state index in [9.17, 15) is 13.2 Å². The Kier molecular flexibility index (Phi) is 3.46. The molecule has 0 spiro atoms. The summed E-state index contributed by atoms with van der Waals surface area (Å²) < 4.78 is 38.7. The lowest BCUT2D eigenvalue weighted by molar-refractivity contribution is 0.499.